The Kier molecular flexibility index (Phi) is 5.53. The van der Waals surface area contributed by atoms with E-state index in [1.165, 1.54) is 16.7 Å². The summed E-state index contributed by atoms with van der Waals surface area (Å²) in [5.74, 6) is -0.153. The number of carbonyl (C=O) groups excluding carboxylic acids is 1. The van der Waals surface area contributed by atoms with Crippen molar-refractivity contribution in [2.75, 3.05) is 5.32 Å². The summed E-state index contributed by atoms with van der Waals surface area (Å²) in [6.07, 6.45) is 1.73. The summed E-state index contributed by atoms with van der Waals surface area (Å²) in [5, 5.41) is 3.94. The molecular formula is C30H24N4O. The molecule has 35 heavy (non-hydrogen) atoms. The molecule has 3 aromatic carbocycles. The summed E-state index contributed by atoms with van der Waals surface area (Å²) < 4.78 is 0. The van der Waals surface area contributed by atoms with E-state index in [-0.39, 0.29) is 5.91 Å². The van der Waals surface area contributed by atoms with Crippen LogP contribution in [0.15, 0.2) is 103 Å². The van der Waals surface area contributed by atoms with E-state index in [1.54, 1.807) is 6.20 Å². The Morgan fingerprint density at radius 2 is 1.60 bits per heavy atom. The Balaban J connectivity index is 1.26. The molecule has 5 nitrogen and oxygen atoms in total. The highest BCUT2D eigenvalue weighted by atomic mass is 16.1. The minimum atomic E-state index is -0.153. The van der Waals surface area contributed by atoms with Crippen molar-refractivity contribution >= 4 is 22.5 Å². The molecule has 1 N–H and O–H groups in total. The second kappa shape index (κ2) is 9.12. The molecule has 1 aliphatic rings. The van der Waals surface area contributed by atoms with Gasteiger partial charge in [-0.1, -0.05) is 60.7 Å². The van der Waals surface area contributed by atoms with Crippen LogP contribution in [0.25, 0.3) is 22.3 Å². The molecule has 0 saturated heterocycles. The van der Waals surface area contributed by atoms with Crippen LogP contribution in [0.3, 0.4) is 0 Å². The summed E-state index contributed by atoms with van der Waals surface area (Å²) in [5.41, 5.74) is 7.45. The molecule has 0 aliphatic carbocycles. The van der Waals surface area contributed by atoms with Crippen molar-refractivity contribution in [3.63, 3.8) is 0 Å². The number of fused-ring (bicyclic) bond motifs is 2. The van der Waals surface area contributed by atoms with Crippen molar-refractivity contribution in [2.24, 2.45) is 0 Å². The number of nitrogens with one attached hydrogen (secondary N) is 1. The predicted octanol–water partition coefficient (Wildman–Crippen LogP) is 6.06. The lowest BCUT2D eigenvalue weighted by atomic mass is 10.0. The smallest absolute Gasteiger partial charge is 0.256 e. The number of benzene rings is 3. The number of amides is 1. The fourth-order valence-electron chi connectivity index (χ4n) is 4.70. The van der Waals surface area contributed by atoms with Gasteiger partial charge in [-0.2, -0.15) is 0 Å². The maximum absolute atomic E-state index is 13.4. The summed E-state index contributed by atoms with van der Waals surface area (Å²) >= 11 is 0. The average Bonchev–Trinajstić information content (AvgIpc) is 3.30. The first-order valence-corrected chi connectivity index (χ1v) is 11.7. The van der Waals surface area contributed by atoms with E-state index in [4.69, 9.17) is 4.98 Å². The minimum Gasteiger partial charge on any atom is -0.322 e. The van der Waals surface area contributed by atoms with Crippen LogP contribution in [0, 0.1) is 0 Å². The van der Waals surface area contributed by atoms with Crippen molar-refractivity contribution in [2.45, 2.75) is 19.6 Å². The molecule has 2 aromatic heterocycles. The molecule has 6 rings (SSSR count). The molecule has 0 spiro atoms. The first-order valence-electron chi connectivity index (χ1n) is 11.7. The fourth-order valence-corrected chi connectivity index (χ4v) is 4.70. The maximum Gasteiger partial charge on any atom is 0.256 e. The molecule has 0 bridgehead atoms. The molecule has 170 valence electrons. The van der Waals surface area contributed by atoms with Crippen molar-refractivity contribution in [1.29, 1.82) is 0 Å². The van der Waals surface area contributed by atoms with Crippen LogP contribution in [-0.2, 0) is 19.6 Å². The lowest BCUT2D eigenvalue weighted by Gasteiger charge is -2.14. The van der Waals surface area contributed by atoms with Gasteiger partial charge < -0.3 is 5.32 Å². The topological polar surface area (TPSA) is 58.1 Å². The second-order valence-electron chi connectivity index (χ2n) is 8.86. The van der Waals surface area contributed by atoms with Crippen molar-refractivity contribution in [3.8, 4) is 11.4 Å². The van der Waals surface area contributed by atoms with Gasteiger partial charge in [-0.05, 0) is 53.1 Å². The molecule has 0 atom stereocenters. The van der Waals surface area contributed by atoms with E-state index in [1.807, 2.05) is 60.7 Å². The number of pyridine rings is 2. The summed E-state index contributed by atoms with van der Waals surface area (Å²) in [4.78, 5) is 25.0. The summed E-state index contributed by atoms with van der Waals surface area (Å²) in [7, 11) is 0. The van der Waals surface area contributed by atoms with E-state index in [2.05, 4.69) is 51.6 Å². The van der Waals surface area contributed by atoms with Crippen molar-refractivity contribution in [3.05, 3.63) is 126 Å². The third kappa shape index (κ3) is 4.42. The number of hydrogen-bond donors (Lipinski definition) is 1. The van der Waals surface area contributed by atoms with Crippen molar-refractivity contribution < 1.29 is 4.79 Å². The monoisotopic (exact) mass is 456 g/mol. The number of nitrogens with zero attached hydrogens (tertiary/aromatic N) is 3. The first-order chi connectivity index (χ1) is 17.2. The van der Waals surface area contributed by atoms with Gasteiger partial charge in [-0.15, -0.1) is 0 Å². The molecule has 0 unspecified atom stereocenters. The van der Waals surface area contributed by atoms with Gasteiger partial charge in [-0.3, -0.25) is 14.7 Å². The largest absolute Gasteiger partial charge is 0.322 e. The Bertz CT molecular complexity index is 1520. The van der Waals surface area contributed by atoms with Gasteiger partial charge in [0.25, 0.3) is 5.91 Å². The Morgan fingerprint density at radius 1 is 0.800 bits per heavy atom. The van der Waals surface area contributed by atoms with Crippen LogP contribution < -0.4 is 5.32 Å². The number of aromatic nitrogens is 2. The van der Waals surface area contributed by atoms with Crippen LogP contribution in [-0.4, -0.2) is 20.8 Å². The third-order valence-corrected chi connectivity index (χ3v) is 6.39. The molecule has 3 heterocycles. The standard InChI is InChI=1S/C30H24N4O/c35-30(26-17-29(28-12-6-7-15-31-28)33-27-11-5-4-10-25(26)27)32-24-14-13-22-19-34(20-23(22)16-24)18-21-8-2-1-3-9-21/h1-17H,18-20H2,(H,32,35). The van der Waals surface area contributed by atoms with Crippen molar-refractivity contribution in [1.82, 2.24) is 14.9 Å². The Morgan fingerprint density at radius 3 is 2.46 bits per heavy atom. The van der Waals surface area contributed by atoms with E-state index >= 15 is 0 Å². The Hall–Kier alpha value is -4.35. The highest BCUT2D eigenvalue weighted by Gasteiger charge is 2.20. The molecule has 5 aromatic rings. The predicted molar refractivity (Wildman–Crippen MR) is 139 cm³/mol. The van der Waals surface area contributed by atoms with Gasteiger partial charge >= 0.3 is 0 Å². The van der Waals surface area contributed by atoms with E-state index in [0.29, 0.717) is 11.3 Å². The zero-order chi connectivity index (χ0) is 23.6. The Labute approximate surface area is 204 Å². The number of rotatable bonds is 5. The number of anilines is 1. The fraction of sp³-hybridized carbons (Fsp3) is 0.100. The lowest BCUT2D eigenvalue weighted by Crippen LogP contribution is -2.15. The molecule has 0 fully saturated rings. The normalized spacial score (nSPS) is 13.0. The van der Waals surface area contributed by atoms with Gasteiger partial charge in [0.2, 0.25) is 0 Å². The quantitative estimate of drug-likeness (QED) is 0.349. The minimum absolute atomic E-state index is 0.153. The van der Waals surface area contributed by atoms with E-state index < -0.39 is 0 Å². The molecule has 0 radical (unpaired) electrons. The summed E-state index contributed by atoms with van der Waals surface area (Å²) in [6.45, 7) is 2.70. The van der Waals surface area contributed by atoms with Crippen LogP contribution in [0.2, 0.25) is 0 Å². The van der Waals surface area contributed by atoms with Gasteiger partial charge in [0.05, 0.1) is 22.5 Å². The molecule has 5 heteroatoms. The summed E-state index contributed by atoms with van der Waals surface area (Å²) in [6, 6.07) is 32.0. The van der Waals surface area contributed by atoms with Crippen LogP contribution in [0.1, 0.15) is 27.0 Å². The van der Waals surface area contributed by atoms with Gasteiger partial charge in [0.1, 0.15) is 0 Å². The SMILES string of the molecule is O=C(Nc1ccc2c(c1)CN(Cc1ccccc1)C2)c1cc(-c2ccccn2)nc2ccccc12. The van der Waals surface area contributed by atoms with E-state index in [0.717, 1.165) is 41.9 Å². The van der Waals surface area contributed by atoms with E-state index in [9.17, 15) is 4.79 Å². The number of hydrogen-bond acceptors (Lipinski definition) is 4. The van der Waals surface area contributed by atoms with Gasteiger partial charge in [0.15, 0.2) is 0 Å². The van der Waals surface area contributed by atoms with Gasteiger partial charge in [0, 0.05) is 36.9 Å². The molecule has 1 amide bonds. The molecule has 0 saturated carbocycles. The van der Waals surface area contributed by atoms with Gasteiger partial charge in [-0.25, -0.2) is 4.98 Å². The maximum atomic E-state index is 13.4. The second-order valence-corrected chi connectivity index (χ2v) is 8.86. The molecular weight excluding hydrogens is 432 g/mol. The number of carbonyl (C=O) groups is 1. The molecule has 1 aliphatic heterocycles. The first kappa shape index (κ1) is 21.2. The highest BCUT2D eigenvalue weighted by molar-refractivity contribution is 6.13. The zero-order valence-corrected chi connectivity index (χ0v) is 19.2. The average molecular weight is 457 g/mol. The zero-order valence-electron chi connectivity index (χ0n) is 19.2. The lowest BCUT2D eigenvalue weighted by molar-refractivity contribution is 0.102. The van der Waals surface area contributed by atoms with Crippen LogP contribution in [0.5, 0.6) is 0 Å². The number of para-hydroxylation sites is 1. The highest BCUT2D eigenvalue weighted by Crippen LogP contribution is 2.28. The third-order valence-electron chi connectivity index (χ3n) is 6.39. The van der Waals surface area contributed by atoms with Crippen LogP contribution in [0.4, 0.5) is 5.69 Å². The van der Waals surface area contributed by atoms with Crippen LogP contribution >= 0.6 is 0 Å².